The van der Waals surface area contributed by atoms with Gasteiger partial charge >= 0.3 is 0 Å². The average molecular weight is 289 g/mol. The van der Waals surface area contributed by atoms with Gasteiger partial charge in [-0.1, -0.05) is 0 Å². The largest absolute Gasteiger partial charge is 0.368 e. The maximum atomic E-state index is 5.78. The predicted octanol–water partition coefficient (Wildman–Crippen LogP) is 1.39. The molecule has 3 rings (SSSR count). The van der Waals surface area contributed by atoms with E-state index >= 15 is 0 Å². The zero-order chi connectivity index (χ0) is 13.8. The van der Waals surface area contributed by atoms with Crippen LogP contribution >= 0.6 is 11.8 Å². The standard InChI is InChI=1S/C12H15N7S/c13-10-16-11(19-6-2-1-3-7-19)18-12(17-10)20-9-4-5-14-8-15-9/h4-5,8H,1-3,6-7H2,(H2,13,16,17,18). The van der Waals surface area contributed by atoms with Crippen molar-refractivity contribution in [3.05, 3.63) is 18.6 Å². The fraction of sp³-hybridized carbons (Fsp3) is 0.417. The minimum absolute atomic E-state index is 0.247. The molecule has 0 aliphatic carbocycles. The van der Waals surface area contributed by atoms with Gasteiger partial charge in [-0.3, -0.25) is 0 Å². The molecule has 0 saturated carbocycles. The van der Waals surface area contributed by atoms with Gasteiger partial charge in [-0.2, -0.15) is 15.0 Å². The summed E-state index contributed by atoms with van der Waals surface area (Å²) in [7, 11) is 0. The normalized spacial score (nSPS) is 15.3. The Bertz CT molecular complexity index is 571. The first kappa shape index (κ1) is 13.0. The molecule has 0 bridgehead atoms. The molecule has 3 heterocycles. The number of piperidine rings is 1. The molecule has 0 unspecified atom stereocenters. The van der Waals surface area contributed by atoms with Crippen molar-refractivity contribution >= 4 is 23.7 Å². The van der Waals surface area contributed by atoms with Crippen LogP contribution in [-0.2, 0) is 0 Å². The van der Waals surface area contributed by atoms with Gasteiger partial charge in [0.25, 0.3) is 0 Å². The summed E-state index contributed by atoms with van der Waals surface area (Å²) in [6.45, 7) is 1.95. The van der Waals surface area contributed by atoms with Crippen LogP contribution in [0.25, 0.3) is 0 Å². The number of aromatic nitrogens is 5. The first-order valence-electron chi connectivity index (χ1n) is 6.51. The minimum atomic E-state index is 0.247. The van der Waals surface area contributed by atoms with E-state index in [1.54, 1.807) is 6.20 Å². The van der Waals surface area contributed by atoms with Crippen LogP contribution in [0.2, 0.25) is 0 Å². The Hall–Kier alpha value is -1.96. The molecule has 0 atom stereocenters. The van der Waals surface area contributed by atoms with Crippen molar-refractivity contribution in [3.8, 4) is 0 Å². The lowest BCUT2D eigenvalue weighted by Gasteiger charge is -2.26. The molecule has 1 fully saturated rings. The predicted molar refractivity (Wildman–Crippen MR) is 76.5 cm³/mol. The molecule has 2 N–H and O–H groups in total. The Balaban J connectivity index is 1.82. The lowest BCUT2D eigenvalue weighted by atomic mass is 10.1. The van der Waals surface area contributed by atoms with Crippen molar-refractivity contribution in [3.63, 3.8) is 0 Å². The first-order chi connectivity index (χ1) is 9.81. The SMILES string of the molecule is Nc1nc(Sc2ccncn2)nc(N2CCCCC2)n1. The second-order valence-electron chi connectivity index (χ2n) is 4.47. The molecule has 1 aliphatic rings. The fourth-order valence-electron chi connectivity index (χ4n) is 2.07. The van der Waals surface area contributed by atoms with Gasteiger partial charge in [0.1, 0.15) is 11.4 Å². The van der Waals surface area contributed by atoms with E-state index in [4.69, 9.17) is 5.73 Å². The summed E-state index contributed by atoms with van der Waals surface area (Å²) < 4.78 is 0. The van der Waals surface area contributed by atoms with E-state index in [2.05, 4.69) is 29.8 Å². The van der Waals surface area contributed by atoms with Gasteiger partial charge in [0.15, 0.2) is 0 Å². The topological polar surface area (TPSA) is 93.7 Å². The summed E-state index contributed by atoms with van der Waals surface area (Å²) in [4.78, 5) is 23.1. The maximum absolute atomic E-state index is 5.78. The monoisotopic (exact) mass is 289 g/mol. The Labute approximate surface area is 121 Å². The van der Waals surface area contributed by atoms with Crippen LogP contribution in [0, 0.1) is 0 Å². The number of nitrogen functional groups attached to an aromatic ring is 1. The summed E-state index contributed by atoms with van der Waals surface area (Å²) in [5, 5.41) is 1.35. The molecular formula is C12H15N7S. The van der Waals surface area contributed by atoms with Crippen LogP contribution in [0.5, 0.6) is 0 Å². The van der Waals surface area contributed by atoms with Gasteiger partial charge in [0.05, 0.1) is 0 Å². The van der Waals surface area contributed by atoms with E-state index in [1.165, 1.54) is 37.4 Å². The maximum Gasteiger partial charge on any atom is 0.231 e. The molecule has 20 heavy (non-hydrogen) atoms. The third-order valence-electron chi connectivity index (χ3n) is 3.01. The summed E-state index contributed by atoms with van der Waals surface area (Å²) in [6.07, 6.45) is 6.78. The third-order valence-corrected chi connectivity index (χ3v) is 3.83. The minimum Gasteiger partial charge on any atom is -0.368 e. The zero-order valence-electron chi connectivity index (χ0n) is 10.9. The average Bonchev–Trinajstić information content (AvgIpc) is 2.49. The summed E-state index contributed by atoms with van der Waals surface area (Å²) >= 11 is 1.36. The highest BCUT2D eigenvalue weighted by Crippen LogP contribution is 2.24. The van der Waals surface area contributed by atoms with Crippen LogP contribution in [0.1, 0.15) is 19.3 Å². The highest BCUT2D eigenvalue weighted by atomic mass is 32.2. The van der Waals surface area contributed by atoms with Crippen LogP contribution in [-0.4, -0.2) is 38.0 Å². The van der Waals surface area contributed by atoms with Crippen molar-refractivity contribution in [2.45, 2.75) is 29.4 Å². The van der Waals surface area contributed by atoms with Crippen LogP contribution in [0.4, 0.5) is 11.9 Å². The Morgan fingerprint density at radius 3 is 2.70 bits per heavy atom. The molecule has 0 amide bonds. The van der Waals surface area contributed by atoms with Crippen molar-refractivity contribution in [1.82, 2.24) is 24.9 Å². The van der Waals surface area contributed by atoms with E-state index in [0.29, 0.717) is 11.1 Å². The fourth-order valence-corrected chi connectivity index (χ4v) is 2.76. The molecule has 2 aromatic heterocycles. The number of nitrogens with two attached hydrogens (primary N) is 1. The third kappa shape index (κ3) is 3.13. The Morgan fingerprint density at radius 2 is 1.95 bits per heavy atom. The van der Waals surface area contributed by atoms with Crippen LogP contribution < -0.4 is 10.6 Å². The van der Waals surface area contributed by atoms with E-state index in [1.807, 2.05) is 6.07 Å². The molecule has 8 heteroatoms. The van der Waals surface area contributed by atoms with Gasteiger partial charge in [0.2, 0.25) is 17.1 Å². The molecule has 2 aromatic rings. The highest BCUT2D eigenvalue weighted by molar-refractivity contribution is 7.99. The van der Waals surface area contributed by atoms with Crippen molar-refractivity contribution in [2.24, 2.45) is 0 Å². The lowest BCUT2D eigenvalue weighted by Crippen LogP contribution is -2.31. The van der Waals surface area contributed by atoms with Crippen LogP contribution in [0.15, 0.2) is 28.8 Å². The van der Waals surface area contributed by atoms with Crippen molar-refractivity contribution < 1.29 is 0 Å². The van der Waals surface area contributed by atoms with Gasteiger partial charge in [-0.05, 0) is 37.1 Å². The quantitative estimate of drug-likeness (QED) is 0.847. The number of hydrogen-bond donors (Lipinski definition) is 1. The van der Waals surface area contributed by atoms with Crippen molar-refractivity contribution in [1.29, 1.82) is 0 Å². The van der Waals surface area contributed by atoms with E-state index in [9.17, 15) is 0 Å². The summed E-state index contributed by atoms with van der Waals surface area (Å²) in [5.41, 5.74) is 5.78. The summed E-state index contributed by atoms with van der Waals surface area (Å²) in [6, 6.07) is 1.81. The second kappa shape index (κ2) is 6.00. The number of rotatable bonds is 3. The number of anilines is 2. The molecule has 104 valence electrons. The Morgan fingerprint density at radius 1 is 1.10 bits per heavy atom. The van der Waals surface area contributed by atoms with Gasteiger partial charge in [0, 0.05) is 19.3 Å². The summed E-state index contributed by atoms with van der Waals surface area (Å²) in [5.74, 6) is 0.908. The van der Waals surface area contributed by atoms with Gasteiger partial charge in [-0.25, -0.2) is 9.97 Å². The molecule has 0 radical (unpaired) electrons. The highest BCUT2D eigenvalue weighted by Gasteiger charge is 2.16. The van der Waals surface area contributed by atoms with Gasteiger partial charge in [-0.15, -0.1) is 0 Å². The molecule has 1 saturated heterocycles. The van der Waals surface area contributed by atoms with Crippen LogP contribution in [0.3, 0.4) is 0 Å². The van der Waals surface area contributed by atoms with E-state index in [-0.39, 0.29) is 5.95 Å². The van der Waals surface area contributed by atoms with E-state index in [0.717, 1.165) is 18.1 Å². The number of hydrogen-bond acceptors (Lipinski definition) is 8. The smallest absolute Gasteiger partial charge is 0.231 e. The molecule has 0 aromatic carbocycles. The molecular weight excluding hydrogens is 274 g/mol. The zero-order valence-corrected chi connectivity index (χ0v) is 11.8. The molecule has 7 nitrogen and oxygen atoms in total. The lowest BCUT2D eigenvalue weighted by molar-refractivity contribution is 0.565. The Kier molecular flexibility index (Phi) is 3.91. The van der Waals surface area contributed by atoms with Crippen molar-refractivity contribution in [2.75, 3.05) is 23.7 Å². The van der Waals surface area contributed by atoms with E-state index < -0.39 is 0 Å². The van der Waals surface area contributed by atoms with Gasteiger partial charge < -0.3 is 10.6 Å². The number of nitrogens with zero attached hydrogens (tertiary/aromatic N) is 6. The molecule has 0 spiro atoms. The second-order valence-corrected chi connectivity index (χ2v) is 5.46. The first-order valence-corrected chi connectivity index (χ1v) is 7.33. The molecule has 1 aliphatic heterocycles.